The lowest BCUT2D eigenvalue weighted by Gasteiger charge is -2.16. The molecule has 0 aliphatic heterocycles. The largest absolute Gasteiger partial charge is 0.536 e. The number of phosphoric ester groups is 1. The predicted molar refractivity (Wildman–Crippen MR) is 71.7 cm³/mol. The third-order valence-corrected chi connectivity index (χ3v) is 5.36. The summed E-state index contributed by atoms with van der Waals surface area (Å²) in [7, 11) is -10.6. The Labute approximate surface area is 131 Å². The Morgan fingerprint density at radius 2 is 1.35 bits per heavy atom. The van der Waals surface area contributed by atoms with E-state index >= 15 is 0 Å². The van der Waals surface area contributed by atoms with Crippen molar-refractivity contribution in [3.8, 4) is 11.5 Å². The van der Waals surface area contributed by atoms with E-state index in [4.69, 9.17) is 61.1 Å². The molecule has 0 fully saturated rings. The molecule has 0 heterocycles. The van der Waals surface area contributed by atoms with Crippen molar-refractivity contribution in [3.05, 3.63) is 20.1 Å². The van der Waals surface area contributed by atoms with Crippen LogP contribution in [0.25, 0.3) is 0 Å². The van der Waals surface area contributed by atoms with Crippen molar-refractivity contribution in [1.29, 1.82) is 0 Å². The van der Waals surface area contributed by atoms with Gasteiger partial charge in [0.25, 0.3) is 0 Å². The highest BCUT2D eigenvalue weighted by Crippen LogP contribution is 2.60. The van der Waals surface area contributed by atoms with Crippen LogP contribution in [0.4, 0.5) is 0 Å². The maximum absolute atomic E-state index is 11.4. The summed E-state index contributed by atoms with van der Waals surface area (Å²) in [6.07, 6.45) is 0. The number of phenols is 1. The number of aromatic hydroxyl groups is 1. The second-order valence-corrected chi connectivity index (χ2v) is 7.33. The van der Waals surface area contributed by atoms with Crippen LogP contribution in [0, 0.1) is 0 Å². The predicted octanol–water partition coefficient (Wildman–Crippen LogP) is 3.59. The molecule has 0 saturated carbocycles. The monoisotopic (exact) mass is 406 g/mol. The Balaban J connectivity index is 3.30. The lowest BCUT2D eigenvalue weighted by atomic mass is 10.3. The van der Waals surface area contributed by atoms with Gasteiger partial charge >= 0.3 is 15.6 Å². The van der Waals surface area contributed by atoms with Crippen LogP contribution in [0.1, 0.15) is 0 Å². The summed E-state index contributed by atoms with van der Waals surface area (Å²) >= 11 is 22.3. The maximum Gasteiger partial charge on any atom is 0.536 e. The number of benzene rings is 1. The van der Waals surface area contributed by atoms with E-state index in [1.165, 1.54) is 0 Å². The molecule has 1 unspecified atom stereocenters. The van der Waals surface area contributed by atoms with E-state index in [2.05, 4.69) is 8.83 Å². The minimum absolute atomic E-state index is 0.447. The Hall–Kier alpha value is 0.280. The topological polar surface area (TPSA) is 134 Å². The van der Waals surface area contributed by atoms with Gasteiger partial charge in [-0.25, -0.2) is 9.13 Å². The fourth-order valence-corrected chi connectivity index (χ4v) is 3.64. The summed E-state index contributed by atoms with van der Waals surface area (Å²) < 4.78 is 29.7. The molecule has 0 bridgehead atoms. The lowest BCUT2D eigenvalue weighted by molar-refractivity contribution is 0.229. The Morgan fingerprint density at radius 3 is 1.80 bits per heavy atom. The van der Waals surface area contributed by atoms with Gasteiger partial charge < -0.3 is 19.4 Å². The van der Waals surface area contributed by atoms with Crippen molar-refractivity contribution in [1.82, 2.24) is 0 Å². The van der Waals surface area contributed by atoms with Crippen LogP contribution in [0.3, 0.4) is 0 Å². The van der Waals surface area contributed by atoms with Gasteiger partial charge in [0.1, 0.15) is 15.1 Å². The SMILES string of the molecule is O=P(O)(O)OP(=O)(O)Oc1c(Cl)c(O)c(Cl)c(Cl)c1Cl. The van der Waals surface area contributed by atoms with Crippen molar-refractivity contribution in [2.24, 2.45) is 0 Å². The summed E-state index contributed by atoms with van der Waals surface area (Å²) in [5.74, 6) is -1.64. The zero-order chi connectivity index (χ0) is 15.9. The molecule has 0 aliphatic carbocycles. The minimum atomic E-state index is -5.33. The first-order valence-corrected chi connectivity index (χ1v) is 8.73. The first-order chi connectivity index (χ1) is 8.86. The molecular weight excluding hydrogens is 404 g/mol. The van der Waals surface area contributed by atoms with Crippen molar-refractivity contribution in [2.75, 3.05) is 0 Å². The highest BCUT2D eigenvalue weighted by Gasteiger charge is 2.36. The fraction of sp³-hybridized carbons (Fsp3) is 0. The molecule has 0 saturated heterocycles. The van der Waals surface area contributed by atoms with Crippen LogP contribution >= 0.6 is 62.0 Å². The molecule has 20 heavy (non-hydrogen) atoms. The molecule has 1 atom stereocenters. The Kier molecular flexibility index (Phi) is 5.67. The minimum Gasteiger partial charge on any atom is -0.505 e. The molecule has 4 N–H and O–H groups in total. The van der Waals surface area contributed by atoms with Gasteiger partial charge in [-0.3, -0.25) is 4.89 Å². The molecule has 14 heteroatoms. The highest BCUT2D eigenvalue weighted by molar-refractivity contribution is 7.60. The van der Waals surface area contributed by atoms with Crippen molar-refractivity contribution < 1.29 is 37.8 Å². The van der Waals surface area contributed by atoms with Gasteiger partial charge in [-0.1, -0.05) is 46.4 Å². The summed E-state index contributed by atoms with van der Waals surface area (Å²) in [6, 6.07) is 0. The number of phenolic OH excluding ortho intramolecular Hbond substituents is 1. The molecule has 1 aromatic carbocycles. The van der Waals surface area contributed by atoms with E-state index in [1.807, 2.05) is 0 Å². The highest BCUT2D eigenvalue weighted by atomic mass is 35.5. The van der Waals surface area contributed by atoms with Crippen molar-refractivity contribution in [3.63, 3.8) is 0 Å². The molecule has 1 aromatic rings. The van der Waals surface area contributed by atoms with E-state index in [-0.39, 0.29) is 0 Å². The molecule has 0 spiro atoms. The molecule has 114 valence electrons. The van der Waals surface area contributed by atoms with Gasteiger partial charge in [-0.05, 0) is 0 Å². The second-order valence-electron chi connectivity index (χ2n) is 3.07. The number of phosphoric acid groups is 2. The van der Waals surface area contributed by atoms with Gasteiger partial charge in [0.2, 0.25) is 0 Å². The first kappa shape index (κ1) is 18.3. The molecule has 0 radical (unpaired) electrons. The van der Waals surface area contributed by atoms with Crippen LogP contribution in [-0.4, -0.2) is 19.8 Å². The summed E-state index contributed by atoms with van der Waals surface area (Å²) in [5.41, 5.74) is 0. The van der Waals surface area contributed by atoms with Gasteiger partial charge in [-0.2, -0.15) is 4.31 Å². The average molecular weight is 408 g/mol. The van der Waals surface area contributed by atoms with E-state index in [0.29, 0.717) is 0 Å². The van der Waals surface area contributed by atoms with Crippen LogP contribution in [0.5, 0.6) is 11.5 Å². The molecule has 0 amide bonds. The smallest absolute Gasteiger partial charge is 0.505 e. The Morgan fingerprint density at radius 1 is 0.850 bits per heavy atom. The van der Waals surface area contributed by atoms with Crippen LogP contribution in [0.15, 0.2) is 0 Å². The molecule has 0 aromatic heterocycles. The average Bonchev–Trinajstić information content (AvgIpc) is 2.26. The summed E-state index contributed by atoms with van der Waals surface area (Å²) in [5, 5.41) is 7.30. The maximum atomic E-state index is 11.4. The Bertz CT molecular complexity index is 613. The molecular formula is C6H4Cl4O8P2. The zero-order valence-corrected chi connectivity index (χ0v) is 13.6. The summed E-state index contributed by atoms with van der Waals surface area (Å²) in [4.78, 5) is 26.0. The normalized spacial score (nSPS) is 14.9. The lowest BCUT2D eigenvalue weighted by Crippen LogP contribution is -1.98. The first-order valence-electron chi connectivity index (χ1n) is 4.20. The third kappa shape index (κ3) is 4.39. The van der Waals surface area contributed by atoms with Gasteiger partial charge in [0.15, 0.2) is 11.5 Å². The zero-order valence-electron chi connectivity index (χ0n) is 8.83. The van der Waals surface area contributed by atoms with Crippen molar-refractivity contribution in [2.45, 2.75) is 0 Å². The molecule has 1 rings (SSSR count). The summed E-state index contributed by atoms with van der Waals surface area (Å²) in [6.45, 7) is 0. The standard InChI is InChI=1S/C6H4Cl4O8P2/c7-1-2(8)5(11)4(10)6(3(1)9)17-20(15,16)18-19(12,13)14/h11H,(H,15,16)(H2,12,13,14). The number of hydrogen-bond donors (Lipinski definition) is 4. The van der Waals surface area contributed by atoms with Crippen LogP contribution < -0.4 is 4.52 Å². The van der Waals surface area contributed by atoms with Gasteiger partial charge in [0, 0.05) is 0 Å². The van der Waals surface area contributed by atoms with E-state index in [1.54, 1.807) is 0 Å². The van der Waals surface area contributed by atoms with Crippen LogP contribution in [0.2, 0.25) is 20.1 Å². The van der Waals surface area contributed by atoms with Gasteiger partial charge in [0.05, 0.1) is 5.02 Å². The quantitative estimate of drug-likeness (QED) is 0.338. The van der Waals surface area contributed by atoms with Crippen LogP contribution in [-0.2, 0) is 13.4 Å². The molecule has 0 aliphatic rings. The fourth-order valence-electron chi connectivity index (χ4n) is 0.947. The van der Waals surface area contributed by atoms with E-state index in [0.717, 1.165) is 0 Å². The third-order valence-electron chi connectivity index (χ3n) is 1.62. The number of rotatable bonds is 4. The van der Waals surface area contributed by atoms with E-state index < -0.39 is 47.2 Å². The van der Waals surface area contributed by atoms with E-state index in [9.17, 15) is 14.2 Å². The van der Waals surface area contributed by atoms with Gasteiger partial charge in [-0.15, -0.1) is 0 Å². The number of hydrogen-bond acceptors (Lipinski definition) is 5. The van der Waals surface area contributed by atoms with Crippen molar-refractivity contribution >= 4 is 62.0 Å². The molecule has 8 nitrogen and oxygen atoms in total. The number of halogens is 4. The second kappa shape index (κ2) is 6.18.